The Balaban J connectivity index is 1.18. The van der Waals surface area contributed by atoms with Gasteiger partial charge in [-0.15, -0.1) is 5.10 Å². The van der Waals surface area contributed by atoms with E-state index >= 15 is 0 Å². The number of hydrogen-bond donors (Lipinski definition) is 4. The molecule has 6 rings (SSSR count). The van der Waals surface area contributed by atoms with Crippen LogP contribution < -0.4 is 16.4 Å². The molecule has 1 aliphatic carbocycles. The fourth-order valence-corrected chi connectivity index (χ4v) is 8.78. The Kier molecular flexibility index (Phi) is 15.5. The summed E-state index contributed by atoms with van der Waals surface area (Å²) in [7, 11) is 0. The molecule has 4 amide bonds. The van der Waals surface area contributed by atoms with E-state index in [0.29, 0.717) is 30.5 Å². The number of aromatic nitrogens is 4. The standard InChI is InChI=1S/C46H58N8O8/c1-46(2,61)40-27-50-52-54(40)34-25-38(43(58)51-37(41(56)42(47)57)18-9-10-22-49-45(60)62-29-31-14-7-4-8-15-31)53(28-34)44(59)33(24-30-12-5-3-6-13-30)19-20-39(55)35-17-11-16-32-21-23-48-26-36(32)35/h4,7-8,11,14-17,21,23,26-27,30,33-34,37-38,61H,3,5-6,9-10,12-13,18-20,22,24-25,28-29H2,1-2H3,(H2,47,57)(H,49,60)(H,51,58)/t33-,34+,37?,38+/m1/s1. The summed E-state index contributed by atoms with van der Waals surface area (Å²) in [6.07, 6.45) is 11.1. The molecule has 1 saturated carbocycles. The molecular weight excluding hydrogens is 793 g/mol. The van der Waals surface area contributed by atoms with Crippen molar-refractivity contribution in [3.05, 3.63) is 90.0 Å². The molecule has 2 fully saturated rings. The Bertz CT molecular complexity index is 2190. The number of fused-ring (bicyclic) bond motifs is 1. The van der Waals surface area contributed by atoms with E-state index in [1.807, 2.05) is 48.5 Å². The molecule has 1 unspecified atom stereocenters. The van der Waals surface area contributed by atoms with Gasteiger partial charge in [0.05, 0.1) is 24.0 Å². The van der Waals surface area contributed by atoms with Crippen LogP contribution in [0.3, 0.4) is 0 Å². The monoisotopic (exact) mass is 850 g/mol. The molecule has 16 nitrogen and oxygen atoms in total. The molecular formula is C46H58N8O8. The molecule has 3 heterocycles. The fraction of sp³-hybridized carbons (Fsp3) is 0.500. The number of aliphatic hydroxyl groups is 1. The highest BCUT2D eigenvalue weighted by Crippen LogP contribution is 2.36. The van der Waals surface area contributed by atoms with Gasteiger partial charge in [-0.05, 0) is 68.9 Å². The predicted octanol–water partition coefficient (Wildman–Crippen LogP) is 5.08. The first-order valence-electron chi connectivity index (χ1n) is 21.7. The lowest BCUT2D eigenvalue weighted by Crippen LogP contribution is -2.53. The van der Waals surface area contributed by atoms with Crippen molar-refractivity contribution in [2.75, 3.05) is 13.1 Å². The molecule has 5 N–H and O–H groups in total. The minimum atomic E-state index is -1.34. The first-order chi connectivity index (χ1) is 29.8. The number of likely N-dealkylation sites (tertiary alicyclic amines) is 1. The van der Waals surface area contributed by atoms with Crippen molar-refractivity contribution < 1.29 is 38.6 Å². The number of primary amides is 1. The van der Waals surface area contributed by atoms with E-state index in [9.17, 15) is 33.9 Å². The number of pyridine rings is 1. The van der Waals surface area contributed by atoms with Crippen LogP contribution in [0.1, 0.15) is 119 Å². The van der Waals surface area contributed by atoms with Crippen LogP contribution in [0.4, 0.5) is 4.79 Å². The van der Waals surface area contributed by atoms with Crippen LogP contribution in [0, 0.1) is 11.8 Å². The summed E-state index contributed by atoms with van der Waals surface area (Å²) in [4.78, 5) is 86.6. The maximum atomic E-state index is 15.0. The van der Waals surface area contributed by atoms with Crippen molar-refractivity contribution in [1.82, 2.24) is 35.5 Å². The van der Waals surface area contributed by atoms with Gasteiger partial charge >= 0.3 is 6.09 Å². The number of nitrogens with one attached hydrogen (secondary N) is 2. The highest BCUT2D eigenvalue weighted by Gasteiger charge is 2.45. The molecule has 330 valence electrons. The van der Waals surface area contributed by atoms with Gasteiger partial charge in [0.1, 0.15) is 18.2 Å². The third-order valence-corrected chi connectivity index (χ3v) is 12.1. The molecule has 4 aromatic rings. The van der Waals surface area contributed by atoms with Crippen LogP contribution in [0.15, 0.2) is 73.2 Å². The number of ketones is 2. The van der Waals surface area contributed by atoms with Crippen LogP contribution in [-0.4, -0.2) is 90.5 Å². The number of amides is 4. The zero-order valence-electron chi connectivity index (χ0n) is 35.5. The summed E-state index contributed by atoms with van der Waals surface area (Å²) >= 11 is 0. The van der Waals surface area contributed by atoms with Gasteiger partial charge in [-0.3, -0.25) is 29.0 Å². The van der Waals surface area contributed by atoms with Crippen molar-refractivity contribution in [2.24, 2.45) is 17.6 Å². The Labute approximate surface area is 361 Å². The summed E-state index contributed by atoms with van der Waals surface area (Å²) in [5, 5.41) is 26.3. The molecule has 62 heavy (non-hydrogen) atoms. The Hall–Kier alpha value is -6.03. The quantitative estimate of drug-likeness (QED) is 0.0521. The summed E-state index contributed by atoms with van der Waals surface area (Å²) in [6, 6.07) is 13.6. The zero-order chi connectivity index (χ0) is 44.2. The van der Waals surface area contributed by atoms with Crippen molar-refractivity contribution in [2.45, 2.75) is 121 Å². The van der Waals surface area contributed by atoms with Crippen LogP contribution in [-0.2, 0) is 36.1 Å². The molecule has 16 heteroatoms. The summed E-state index contributed by atoms with van der Waals surface area (Å²) in [6.45, 7) is 3.56. The van der Waals surface area contributed by atoms with E-state index in [4.69, 9.17) is 10.5 Å². The van der Waals surface area contributed by atoms with Crippen LogP contribution in [0.25, 0.3) is 10.8 Å². The number of nitrogens with two attached hydrogens (primary N) is 1. The summed E-state index contributed by atoms with van der Waals surface area (Å²) in [5.74, 6) is -3.57. The average Bonchev–Trinajstić information content (AvgIpc) is 3.96. The lowest BCUT2D eigenvalue weighted by atomic mass is 9.80. The first-order valence-corrected chi connectivity index (χ1v) is 21.7. The second-order valence-electron chi connectivity index (χ2n) is 17.1. The molecule has 2 aromatic heterocycles. The van der Waals surface area contributed by atoms with Crippen molar-refractivity contribution in [3.8, 4) is 0 Å². The number of Topliss-reactive ketones (excluding diaryl/α,β-unsaturated/α-hetero) is 2. The molecule has 1 saturated heterocycles. The second-order valence-corrected chi connectivity index (χ2v) is 17.1. The maximum Gasteiger partial charge on any atom is 0.407 e. The molecule has 0 bridgehead atoms. The van der Waals surface area contributed by atoms with Crippen molar-refractivity contribution in [3.63, 3.8) is 0 Å². The third kappa shape index (κ3) is 11.9. The lowest BCUT2D eigenvalue weighted by molar-refractivity contribution is -0.143. The molecule has 0 radical (unpaired) electrons. The van der Waals surface area contributed by atoms with E-state index in [2.05, 4.69) is 25.9 Å². The second kappa shape index (κ2) is 21.2. The number of unbranched alkanes of at least 4 members (excludes halogenated alkanes) is 1. The summed E-state index contributed by atoms with van der Waals surface area (Å²) < 4.78 is 6.78. The maximum absolute atomic E-state index is 15.0. The van der Waals surface area contributed by atoms with Gasteiger partial charge in [0.15, 0.2) is 5.78 Å². The van der Waals surface area contributed by atoms with Crippen molar-refractivity contribution in [1.29, 1.82) is 0 Å². The Morgan fingerprint density at radius 1 is 0.952 bits per heavy atom. The van der Waals surface area contributed by atoms with Crippen molar-refractivity contribution >= 4 is 46.2 Å². The van der Waals surface area contributed by atoms with Gasteiger partial charge < -0.3 is 31.1 Å². The number of carbonyl (C=O) groups excluding carboxylic acids is 6. The van der Waals surface area contributed by atoms with E-state index < -0.39 is 53.3 Å². The number of rotatable bonds is 20. The minimum Gasteiger partial charge on any atom is -0.445 e. The molecule has 2 aliphatic rings. The van der Waals surface area contributed by atoms with E-state index in [-0.39, 0.29) is 63.0 Å². The first kappa shape index (κ1) is 45.5. The van der Waals surface area contributed by atoms with Gasteiger partial charge in [0, 0.05) is 55.2 Å². The SMILES string of the molecule is CC(C)(O)c1cnnn1[C@H]1C[C@@H](C(=O)NC(CCCCNC(=O)OCc2ccccc2)C(=O)C(N)=O)N(C(=O)[C@H](CCC(=O)c2cccc3ccncc23)CC2CCCCC2)C1. The Morgan fingerprint density at radius 3 is 2.47 bits per heavy atom. The lowest BCUT2D eigenvalue weighted by Gasteiger charge is -2.32. The predicted molar refractivity (Wildman–Crippen MR) is 229 cm³/mol. The van der Waals surface area contributed by atoms with E-state index in [1.54, 1.807) is 32.3 Å². The van der Waals surface area contributed by atoms with Gasteiger partial charge in [-0.25, -0.2) is 9.48 Å². The normalized spacial score (nSPS) is 17.9. The number of ether oxygens (including phenoxy) is 1. The molecule has 4 atom stereocenters. The number of alkyl carbamates (subject to hydrolysis) is 1. The summed E-state index contributed by atoms with van der Waals surface area (Å²) in [5.41, 5.74) is 5.87. The van der Waals surface area contributed by atoms with Crippen LogP contribution in [0.2, 0.25) is 0 Å². The number of benzene rings is 2. The van der Waals surface area contributed by atoms with E-state index in [0.717, 1.165) is 48.4 Å². The number of nitrogens with zero attached hydrogens (tertiary/aromatic N) is 5. The van der Waals surface area contributed by atoms with Gasteiger partial charge in [0.2, 0.25) is 17.6 Å². The van der Waals surface area contributed by atoms with E-state index in [1.165, 1.54) is 15.8 Å². The third-order valence-electron chi connectivity index (χ3n) is 12.1. The highest BCUT2D eigenvalue weighted by molar-refractivity contribution is 6.37. The van der Waals surface area contributed by atoms with Crippen LogP contribution in [0.5, 0.6) is 0 Å². The minimum absolute atomic E-state index is 0.0420. The van der Waals surface area contributed by atoms with Gasteiger partial charge in [-0.2, -0.15) is 0 Å². The number of carbonyl (C=O) groups is 6. The average molecular weight is 851 g/mol. The molecule has 0 spiro atoms. The number of hydrogen-bond acceptors (Lipinski definition) is 11. The van der Waals surface area contributed by atoms with Gasteiger partial charge in [0.25, 0.3) is 5.91 Å². The fourth-order valence-electron chi connectivity index (χ4n) is 8.78. The van der Waals surface area contributed by atoms with Crippen LogP contribution >= 0.6 is 0 Å². The Morgan fingerprint density at radius 2 is 1.73 bits per heavy atom. The van der Waals surface area contributed by atoms with Gasteiger partial charge in [-0.1, -0.05) is 85.8 Å². The smallest absolute Gasteiger partial charge is 0.407 e. The highest BCUT2D eigenvalue weighted by atomic mass is 16.5. The topological polar surface area (TPSA) is 229 Å². The zero-order valence-corrected chi connectivity index (χ0v) is 35.5. The molecule has 1 aliphatic heterocycles. The molecule has 2 aromatic carbocycles. The largest absolute Gasteiger partial charge is 0.445 e.